The predicted molar refractivity (Wildman–Crippen MR) is 20.1 cm³/mol. The number of rotatable bonds is 0. The van der Waals surface area contributed by atoms with Gasteiger partial charge in [-0.3, -0.25) is 0 Å². The highest BCUT2D eigenvalue weighted by atomic mass is 35.5. The minimum atomic E-state index is -4.86. The van der Waals surface area contributed by atoms with Crippen LogP contribution in [0.5, 0.6) is 0 Å². The third-order valence-corrected chi connectivity index (χ3v) is 0. The van der Waals surface area contributed by atoms with E-state index in [1.54, 1.807) is 0 Å². The van der Waals surface area contributed by atoms with Crippen LogP contribution < -0.4 is 17.2 Å². The highest BCUT2D eigenvalue weighted by Crippen LogP contribution is 1.58. The summed E-state index contributed by atoms with van der Waals surface area (Å²) in [6.45, 7) is 0. The zero-order valence-corrected chi connectivity index (χ0v) is 6.56. The molecule has 0 aliphatic carbocycles. The first-order valence-electron chi connectivity index (χ1n) is 0.875. The molecule has 0 heterocycles. The Labute approximate surface area is 63.9 Å². The van der Waals surface area contributed by atoms with Crippen LogP contribution in [0.2, 0.25) is 0 Å². The van der Waals surface area contributed by atoms with Gasteiger partial charge in [-0.25, -0.2) is 0 Å². The van der Waals surface area contributed by atoms with E-state index in [2.05, 4.69) is 0 Å². The van der Waals surface area contributed by atoms with Crippen molar-refractivity contribution >= 4 is 26.4 Å². The summed E-state index contributed by atoms with van der Waals surface area (Å²) >= 11 is 0. The topological polar surface area (TPSA) is 114 Å². The van der Waals surface area contributed by atoms with Gasteiger partial charge in [0.05, 0.1) is 0 Å². The average molecular weight is 175 g/mol. The molecule has 0 aromatic heterocycles. The van der Waals surface area contributed by atoms with Gasteiger partial charge in [0.25, 0.3) is 0 Å². The number of hydrogen-bond acceptors (Lipinski definition) is 5. The van der Waals surface area contributed by atoms with Gasteiger partial charge in [-0.2, -0.15) is 0 Å². The smallest absolute Gasteiger partial charge is 0.404 e. The van der Waals surface area contributed by atoms with Crippen LogP contribution in [-0.2, 0) is 0 Å². The van der Waals surface area contributed by atoms with E-state index in [1.807, 2.05) is 0 Å². The lowest BCUT2D eigenvalue weighted by Crippen LogP contribution is -3.00. The van der Waals surface area contributed by atoms with Crippen molar-refractivity contribution in [1.29, 1.82) is 0 Å². The molecule has 0 spiro atoms. The lowest BCUT2D eigenvalue weighted by molar-refractivity contribution is -0.295. The fourth-order valence-electron chi connectivity index (χ4n) is 0. The normalized spacial score (nSPS) is 7.50. The highest BCUT2D eigenvalue weighted by Gasteiger charge is 2.01. The summed E-state index contributed by atoms with van der Waals surface area (Å²) in [4.78, 5) is 30.6. The summed E-state index contributed by atoms with van der Waals surface area (Å²) in [6, 6.07) is 0. The third kappa shape index (κ3) is 331. The molecule has 0 aliphatic rings. The Balaban J connectivity index is -0.0000000267. The summed E-state index contributed by atoms with van der Waals surface area (Å²) in [5, 5.41) is 0. The molecule has 8 heavy (non-hydrogen) atoms. The predicted octanol–water partition coefficient (Wildman–Crippen LogP) is -6.79. The Morgan fingerprint density at radius 1 is 1.12 bits per heavy atom. The Morgan fingerprint density at radius 2 is 1.12 bits per heavy atom. The second kappa shape index (κ2) is 7.84. The largest absolute Gasteiger partial charge is 1.00 e. The summed E-state index contributed by atoms with van der Waals surface area (Å²) in [7, 11) is -4.86. The van der Waals surface area contributed by atoms with Crippen LogP contribution in [0.1, 0.15) is 0 Å². The molecule has 5 nitrogen and oxygen atoms in total. The molecule has 8 heteroatoms. The molecule has 0 bridgehead atoms. The van der Waals surface area contributed by atoms with E-state index in [1.165, 1.54) is 0 Å². The Morgan fingerprint density at radius 3 is 1.12 bits per heavy atom. The minimum Gasteiger partial charge on any atom is -1.00 e. The molecule has 51 valence electrons. The highest BCUT2D eigenvalue weighted by molar-refractivity contribution is 6.44. The molecule has 0 amide bonds. The lowest BCUT2D eigenvalue weighted by Gasteiger charge is -2.11. The molecule has 4 N–H and O–H groups in total. The van der Waals surface area contributed by atoms with Crippen molar-refractivity contribution in [3.63, 3.8) is 0 Å². The molecule has 0 unspecified atom stereocenters. The van der Waals surface area contributed by atoms with Gasteiger partial charge in [0.1, 0.15) is 0 Å². The van der Waals surface area contributed by atoms with Crippen molar-refractivity contribution < 1.29 is 37.1 Å². The van der Waals surface area contributed by atoms with E-state index in [0.717, 1.165) is 0 Å². The van der Waals surface area contributed by atoms with Gasteiger partial charge in [0.15, 0.2) is 0 Å². The van der Waals surface area contributed by atoms with Gasteiger partial charge in [-0.05, 0) is 0 Å². The number of halogens is 1. The molecule has 0 aromatic rings. The minimum absolute atomic E-state index is 0. The van der Waals surface area contributed by atoms with Crippen LogP contribution in [0.4, 0.5) is 0 Å². The van der Waals surface area contributed by atoms with Crippen molar-refractivity contribution in [2.75, 3.05) is 0 Å². The average Bonchev–Trinajstić information content (AvgIpc) is 0.722. The lowest BCUT2D eigenvalue weighted by atomic mass is 15.7. The zero-order chi connectivity index (χ0) is 4.50. The van der Waals surface area contributed by atoms with E-state index in [0.29, 0.717) is 0 Å². The first-order valence-corrected chi connectivity index (χ1v) is 2.62. The van der Waals surface area contributed by atoms with Crippen LogP contribution >= 0.6 is 0 Å². The standard InChI is InChI=1S/Al.ClH.H3O4Si.H2O/c;;1-5(2,3)4;/h;1H;1-3H;1H2/q;;-1;/p-2. The summed E-state index contributed by atoms with van der Waals surface area (Å²) in [5.41, 5.74) is 0. The van der Waals surface area contributed by atoms with E-state index in [4.69, 9.17) is 19.2 Å². The van der Waals surface area contributed by atoms with Crippen LogP contribution in [-0.4, -0.2) is 46.3 Å². The van der Waals surface area contributed by atoms with E-state index < -0.39 is 9.05 Å². The van der Waals surface area contributed by atoms with Crippen molar-refractivity contribution in [2.45, 2.75) is 0 Å². The van der Waals surface area contributed by atoms with E-state index in [9.17, 15) is 0 Å². The Hall–Kier alpha value is 0.839. The van der Waals surface area contributed by atoms with E-state index in [-0.39, 0.29) is 35.2 Å². The van der Waals surface area contributed by atoms with E-state index >= 15 is 0 Å². The zero-order valence-electron chi connectivity index (χ0n) is 3.65. The maximum Gasteiger partial charge on any atom is 0.404 e. The van der Waals surface area contributed by atoms with Gasteiger partial charge in [-0.1, -0.05) is 0 Å². The van der Waals surface area contributed by atoms with Gasteiger partial charge in [-0.15, -0.1) is 0 Å². The quantitative estimate of drug-likeness (QED) is 0.316. The molecule has 0 saturated carbocycles. The van der Waals surface area contributed by atoms with Gasteiger partial charge < -0.3 is 37.1 Å². The monoisotopic (exact) mass is 174 g/mol. The summed E-state index contributed by atoms with van der Waals surface area (Å²) < 4.78 is 0. The first kappa shape index (κ1) is 23.2. The Kier molecular flexibility index (Phi) is 22.7. The molecule has 0 fully saturated rings. The maximum atomic E-state index is 8.91. The van der Waals surface area contributed by atoms with Crippen molar-refractivity contribution in [1.82, 2.24) is 0 Å². The molecule has 0 aromatic carbocycles. The SMILES string of the molecule is [Al].[Cl-].[O-][Si](O)(O)O.[OH-]. The molecule has 0 atom stereocenters. The maximum absolute atomic E-state index is 8.91. The van der Waals surface area contributed by atoms with Crippen LogP contribution in [0.3, 0.4) is 0 Å². The molecular formula is H4AlClO5Si-3. The van der Waals surface area contributed by atoms with Gasteiger partial charge >= 0.3 is 9.05 Å². The van der Waals surface area contributed by atoms with Gasteiger partial charge in [0.2, 0.25) is 0 Å². The number of hydrogen-bond donors (Lipinski definition) is 3. The fourth-order valence-corrected chi connectivity index (χ4v) is 0. The first-order chi connectivity index (χ1) is 2.00. The Bertz CT molecular complexity index is 27.9. The summed E-state index contributed by atoms with van der Waals surface area (Å²) in [5.74, 6) is 0. The molecule has 0 aliphatic heterocycles. The molecular weight excluding hydrogens is 171 g/mol. The van der Waals surface area contributed by atoms with Crippen LogP contribution in [0.15, 0.2) is 0 Å². The van der Waals surface area contributed by atoms with Crippen LogP contribution in [0.25, 0.3) is 0 Å². The second-order valence-electron chi connectivity index (χ2n) is 0.574. The molecule has 0 rings (SSSR count). The second-order valence-corrected chi connectivity index (χ2v) is 1.72. The van der Waals surface area contributed by atoms with Crippen molar-refractivity contribution in [3.8, 4) is 0 Å². The van der Waals surface area contributed by atoms with Crippen molar-refractivity contribution in [2.24, 2.45) is 0 Å². The fraction of sp³-hybridized carbons (Fsp3) is 0. The van der Waals surface area contributed by atoms with Crippen molar-refractivity contribution in [3.05, 3.63) is 0 Å². The van der Waals surface area contributed by atoms with Gasteiger partial charge in [0, 0.05) is 17.4 Å². The van der Waals surface area contributed by atoms with Crippen LogP contribution in [0, 0.1) is 0 Å². The summed E-state index contributed by atoms with van der Waals surface area (Å²) in [6.07, 6.45) is 0. The third-order valence-electron chi connectivity index (χ3n) is 0. The molecule has 0 saturated heterocycles. The molecule has 3 radical (unpaired) electrons.